The maximum absolute atomic E-state index is 12.4. The van der Waals surface area contributed by atoms with Gasteiger partial charge in [-0.25, -0.2) is 0 Å². The fourth-order valence-electron chi connectivity index (χ4n) is 3.41. The van der Waals surface area contributed by atoms with Gasteiger partial charge in [-0.15, -0.1) is 0 Å². The number of likely N-dealkylation sites (tertiary alicyclic amines) is 1. The molecule has 0 radical (unpaired) electrons. The van der Waals surface area contributed by atoms with Crippen LogP contribution >= 0.6 is 0 Å². The molecule has 0 saturated carbocycles. The van der Waals surface area contributed by atoms with E-state index in [4.69, 9.17) is 0 Å². The van der Waals surface area contributed by atoms with Gasteiger partial charge < -0.3 is 10.4 Å². The van der Waals surface area contributed by atoms with E-state index in [9.17, 15) is 9.90 Å². The van der Waals surface area contributed by atoms with Crippen LogP contribution in [-0.4, -0.2) is 46.6 Å². The molecule has 1 amide bonds. The Labute approximate surface area is 148 Å². The lowest BCUT2D eigenvalue weighted by atomic mass is 9.91. The van der Waals surface area contributed by atoms with E-state index in [0.29, 0.717) is 5.56 Å². The predicted octanol–water partition coefficient (Wildman–Crippen LogP) is 2.00. The number of piperidine rings is 1. The van der Waals surface area contributed by atoms with Crippen LogP contribution in [0.4, 0.5) is 0 Å². The second kappa shape index (κ2) is 8.23. The summed E-state index contributed by atoms with van der Waals surface area (Å²) >= 11 is 0. The first kappa shape index (κ1) is 17.6. The monoisotopic (exact) mass is 339 g/mol. The van der Waals surface area contributed by atoms with Crippen LogP contribution in [0.15, 0.2) is 48.8 Å². The molecule has 25 heavy (non-hydrogen) atoms. The van der Waals surface area contributed by atoms with Crippen molar-refractivity contribution in [2.24, 2.45) is 5.92 Å². The Morgan fingerprint density at radius 1 is 1.36 bits per heavy atom. The number of nitrogens with zero attached hydrogens (tertiary/aromatic N) is 2. The summed E-state index contributed by atoms with van der Waals surface area (Å²) in [7, 11) is 0. The quantitative estimate of drug-likeness (QED) is 0.874. The first-order chi connectivity index (χ1) is 12.2. The number of rotatable bonds is 5. The number of aryl methyl sites for hydroxylation is 1. The summed E-state index contributed by atoms with van der Waals surface area (Å²) in [6.07, 6.45) is 4.09. The van der Waals surface area contributed by atoms with E-state index in [-0.39, 0.29) is 24.5 Å². The SMILES string of the molecule is Cc1cccc(CN2CC[C@H](CO)[C@H](NC(=O)c3cccnc3)C2)c1. The fraction of sp³-hybridized carbons (Fsp3) is 0.400. The van der Waals surface area contributed by atoms with E-state index < -0.39 is 0 Å². The molecule has 5 nitrogen and oxygen atoms in total. The lowest BCUT2D eigenvalue weighted by Gasteiger charge is -2.38. The number of carbonyl (C=O) groups excluding carboxylic acids is 1. The highest BCUT2D eigenvalue weighted by Gasteiger charge is 2.30. The van der Waals surface area contributed by atoms with E-state index in [1.165, 1.54) is 11.1 Å². The number of pyridine rings is 1. The number of hydrogen-bond donors (Lipinski definition) is 2. The van der Waals surface area contributed by atoms with Gasteiger partial charge in [0.25, 0.3) is 5.91 Å². The molecule has 1 aromatic heterocycles. The Morgan fingerprint density at radius 2 is 2.24 bits per heavy atom. The first-order valence-electron chi connectivity index (χ1n) is 8.75. The highest BCUT2D eigenvalue weighted by Crippen LogP contribution is 2.20. The van der Waals surface area contributed by atoms with Gasteiger partial charge in [-0.3, -0.25) is 14.7 Å². The molecule has 2 heterocycles. The van der Waals surface area contributed by atoms with E-state index in [1.807, 2.05) is 0 Å². The molecule has 0 unspecified atom stereocenters. The van der Waals surface area contributed by atoms with Crippen molar-refractivity contribution in [3.05, 3.63) is 65.5 Å². The fourth-order valence-corrected chi connectivity index (χ4v) is 3.41. The molecular formula is C20H25N3O2. The number of aliphatic hydroxyl groups excluding tert-OH is 1. The summed E-state index contributed by atoms with van der Waals surface area (Å²) in [6, 6.07) is 11.9. The molecule has 0 spiro atoms. The van der Waals surface area contributed by atoms with Crippen LogP contribution in [0.25, 0.3) is 0 Å². The zero-order valence-electron chi connectivity index (χ0n) is 14.6. The van der Waals surface area contributed by atoms with Gasteiger partial charge >= 0.3 is 0 Å². The molecule has 3 rings (SSSR count). The van der Waals surface area contributed by atoms with Gasteiger partial charge in [0.1, 0.15) is 0 Å². The number of aromatic nitrogens is 1. The molecular weight excluding hydrogens is 314 g/mol. The molecule has 1 aliphatic rings. The number of nitrogens with one attached hydrogen (secondary N) is 1. The maximum Gasteiger partial charge on any atom is 0.253 e. The standard InChI is InChI=1S/C20H25N3O2/c1-15-4-2-5-16(10-15)12-23-9-7-18(14-24)19(13-23)22-20(25)17-6-3-8-21-11-17/h2-6,8,10-11,18-19,24H,7,9,12-14H2,1H3,(H,22,25)/t18-,19-/m1/s1. The molecule has 0 aliphatic carbocycles. The van der Waals surface area contributed by atoms with Crippen LogP contribution in [0.3, 0.4) is 0 Å². The highest BCUT2D eigenvalue weighted by molar-refractivity contribution is 5.94. The Morgan fingerprint density at radius 3 is 2.96 bits per heavy atom. The van der Waals surface area contributed by atoms with E-state index >= 15 is 0 Å². The third kappa shape index (κ3) is 4.65. The minimum Gasteiger partial charge on any atom is -0.396 e. The molecule has 0 bridgehead atoms. The number of hydrogen-bond acceptors (Lipinski definition) is 4. The molecule has 2 atom stereocenters. The summed E-state index contributed by atoms with van der Waals surface area (Å²) in [6.45, 7) is 4.72. The highest BCUT2D eigenvalue weighted by atomic mass is 16.3. The zero-order chi connectivity index (χ0) is 17.6. The Kier molecular flexibility index (Phi) is 5.79. The van der Waals surface area contributed by atoms with E-state index in [1.54, 1.807) is 24.5 Å². The number of benzene rings is 1. The molecule has 1 fully saturated rings. The van der Waals surface area contributed by atoms with Gasteiger partial charge in [0.15, 0.2) is 0 Å². The lowest BCUT2D eigenvalue weighted by Crippen LogP contribution is -2.53. The first-order valence-corrected chi connectivity index (χ1v) is 8.75. The average molecular weight is 339 g/mol. The third-order valence-electron chi connectivity index (χ3n) is 4.80. The van der Waals surface area contributed by atoms with Crippen molar-refractivity contribution >= 4 is 5.91 Å². The van der Waals surface area contributed by atoms with Gasteiger partial charge in [0, 0.05) is 44.0 Å². The minimum absolute atomic E-state index is 0.0590. The second-order valence-corrected chi connectivity index (χ2v) is 6.78. The minimum atomic E-state index is -0.131. The van der Waals surface area contributed by atoms with Crippen molar-refractivity contribution in [2.45, 2.75) is 25.9 Å². The predicted molar refractivity (Wildman–Crippen MR) is 97.1 cm³/mol. The van der Waals surface area contributed by atoms with Crippen molar-refractivity contribution in [2.75, 3.05) is 19.7 Å². The summed E-state index contributed by atoms with van der Waals surface area (Å²) in [5.41, 5.74) is 3.08. The molecule has 1 saturated heterocycles. The van der Waals surface area contributed by atoms with Gasteiger partial charge in [-0.1, -0.05) is 29.8 Å². The summed E-state index contributed by atoms with van der Waals surface area (Å²) in [5.74, 6) is -0.0386. The van der Waals surface area contributed by atoms with E-state index in [2.05, 4.69) is 46.4 Å². The molecule has 1 aliphatic heterocycles. The Balaban J connectivity index is 1.65. The van der Waals surface area contributed by atoms with Crippen molar-refractivity contribution in [1.29, 1.82) is 0 Å². The van der Waals surface area contributed by atoms with Crippen LogP contribution in [0.2, 0.25) is 0 Å². The van der Waals surface area contributed by atoms with Crippen molar-refractivity contribution < 1.29 is 9.90 Å². The molecule has 2 aromatic rings. The number of carbonyl (C=O) groups is 1. The van der Waals surface area contributed by atoms with Crippen LogP contribution in [0.1, 0.15) is 27.9 Å². The number of aliphatic hydroxyl groups is 1. The molecule has 5 heteroatoms. The smallest absolute Gasteiger partial charge is 0.253 e. The maximum atomic E-state index is 12.4. The topological polar surface area (TPSA) is 65.5 Å². The summed E-state index contributed by atoms with van der Waals surface area (Å²) < 4.78 is 0. The average Bonchev–Trinajstić information content (AvgIpc) is 2.63. The second-order valence-electron chi connectivity index (χ2n) is 6.78. The van der Waals surface area contributed by atoms with Gasteiger partial charge in [-0.2, -0.15) is 0 Å². The Hall–Kier alpha value is -2.24. The van der Waals surface area contributed by atoms with Crippen LogP contribution in [0.5, 0.6) is 0 Å². The Bertz CT molecular complexity index is 705. The lowest BCUT2D eigenvalue weighted by molar-refractivity contribution is 0.0730. The largest absolute Gasteiger partial charge is 0.396 e. The zero-order valence-corrected chi connectivity index (χ0v) is 14.6. The van der Waals surface area contributed by atoms with Gasteiger partial charge in [-0.05, 0) is 37.6 Å². The van der Waals surface area contributed by atoms with Crippen LogP contribution < -0.4 is 5.32 Å². The number of amides is 1. The molecule has 132 valence electrons. The molecule has 1 aromatic carbocycles. The van der Waals surface area contributed by atoms with Crippen molar-refractivity contribution in [3.8, 4) is 0 Å². The molecule has 2 N–H and O–H groups in total. The normalized spacial score (nSPS) is 21.0. The third-order valence-corrected chi connectivity index (χ3v) is 4.80. The summed E-state index contributed by atoms with van der Waals surface area (Å²) in [4.78, 5) is 18.8. The van der Waals surface area contributed by atoms with Gasteiger partial charge in [0.05, 0.1) is 5.56 Å². The van der Waals surface area contributed by atoms with Gasteiger partial charge in [0.2, 0.25) is 0 Å². The summed E-state index contributed by atoms with van der Waals surface area (Å²) in [5, 5.41) is 12.8. The van der Waals surface area contributed by atoms with E-state index in [0.717, 1.165) is 26.1 Å². The van der Waals surface area contributed by atoms with Crippen LogP contribution in [0, 0.1) is 12.8 Å². The van der Waals surface area contributed by atoms with Crippen molar-refractivity contribution in [3.63, 3.8) is 0 Å². The van der Waals surface area contributed by atoms with Crippen molar-refractivity contribution in [1.82, 2.24) is 15.2 Å². The van der Waals surface area contributed by atoms with Crippen LogP contribution in [-0.2, 0) is 6.54 Å².